The van der Waals surface area contributed by atoms with E-state index < -0.39 is 18.4 Å². The van der Waals surface area contributed by atoms with Gasteiger partial charge in [0.1, 0.15) is 0 Å². The van der Waals surface area contributed by atoms with Gasteiger partial charge < -0.3 is 19.4 Å². The number of ether oxygens (including phenoxy) is 1. The number of likely N-dealkylation sites (tertiary alicyclic amines) is 2. The summed E-state index contributed by atoms with van der Waals surface area (Å²) in [6.07, 6.45) is -4.01. The van der Waals surface area contributed by atoms with Crippen LogP contribution in [0.15, 0.2) is 18.2 Å². The van der Waals surface area contributed by atoms with E-state index in [4.69, 9.17) is 11.6 Å². The van der Waals surface area contributed by atoms with Crippen LogP contribution in [0.1, 0.15) is 45.1 Å². The Hall–Kier alpha value is -1.71. The van der Waals surface area contributed by atoms with E-state index in [0.717, 1.165) is 94.7 Å². The van der Waals surface area contributed by atoms with Gasteiger partial charge in [-0.15, -0.1) is 0 Å². The van der Waals surface area contributed by atoms with Gasteiger partial charge in [0.25, 0.3) is 0 Å². The molecule has 3 aliphatic rings. The van der Waals surface area contributed by atoms with Gasteiger partial charge in [-0.25, -0.2) is 4.79 Å². The highest BCUT2D eigenvalue weighted by molar-refractivity contribution is 6.34. The Balaban J connectivity index is 1.38. The van der Waals surface area contributed by atoms with Gasteiger partial charge in [-0.2, -0.15) is 13.2 Å². The molecule has 35 heavy (non-hydrogen) atoms. The number of halogens is 4. The Morgan fingerprint density at radius 3 is 2.40 bits per heavy atom. The highest BCUT2D eigenvalue weighted by Crippen LogP contribution is 2.41. The number of likely N-dealkylation sites (N-methyl/N-ethyl adjacent to an activating group) is 1. The highest BCUT2D eigenvalue weighted by atomic mass is 35.5. The van der Waals surface area contributed by atoms with E-state index >= 15 is 0 Å². The summed E-state index contributed by atoms with van der Waals surface area (Å²) in [5.74, 6) is 0. The van der Waals surface area contributed by atoms with E-state index in [2.05, 4.69) is 44.6 Å². The molecular formula is C25H36ClF3N4O2. The Morgan fingerprint density at radius 1 is 1.09 bits per heavy atom. The van der Waals surface area contributed by atoms with E-state index in [1.54, 1.807) is 0 Å². The molecule has 3 saturated heterocycles. The van der Waals surface area contributed by atoms with Crippen molar-refractivity contribution < 1.29 is 22.7 Å². The van der Waals surface area contributed by atoms with Crippen LogP contribution in [0.3, 0.4) is 0 Å². The monoisotopic (exact) mass is 516 g/mol. The van der Waals surface area contributed by atoms with Gasteiger partial charge in [-0.05, 0) is 57.3 Å². The van der Waals surface area contributed by atoms with Crippen LogP contribution in [0.25, 0.3) is 0 Å². The summed E-state index contributed by atoms with van der Waals surface area (Å²) in [5.41, 5.74) is 2.13. The zero-order valence-corrected chi connectivity index (χ0v) is 21.4. The molecule has 3 aliphatic heterocycles. The summed E-state index contributed by atoms with van der Waals surface area (Å²) in [4.78, 5) is 20.9. The molecule has 1 aromatic rings. The summed E-state index contributed by atoms with van der Waals surface area (Å²) in [6.45, 7) is 10.6. The van der Waals surface area contributed by atoms with Crippen LogP contribution >= 0.6 is 11.6 Å². The predicted molar refractivity (Wildman–Crippen MR) is 131 cm³/mol. The van der Waals surface area contributed by atoms with E-state index in [-0.39, 0.29) is 5.54 Å². The molecule has 0 radical (unpaired) electrons. The van der Waals surface area contributed by atoms with Crippen LogP contribution in [0.5, 0.6) is 0 Å². The second-order valence-corrected chi connectivity index (χ2v) is 10.4. The van der Waals surface area contributed by atoms with Crippen molar-refractivity contribution in [3.63, 3.8) is 0 Å². The zero-order chi connectivity index (χ0) is 25.2. The first-order valence-corrected chi connectivity index (χ1v) is 13.0. The van der Waals surface area contributed by atoms with E-state index in [0.29, 0.717) is 13.1 Å². The van der Waals surface area contributed by atoms with Crippen molar-refractivity contribution in [2.45, 2.75) is 63.9 Å². The molecule has 196 valence electrons. The van der Waals surface area contributed by atoms with E-state index in [9.17, 15) is 18.0 Å². The lowest BCUT2D eigenvalue weighted by molar-refractivity contribution is -0.200. The molecule has 1 atom stereocenters. The zero-order valence-electron chi connectivity index (χ0n) is 20.6. The molecule has 1 unspecified atom stereocenters. The average Bonchev–Trinajstić information content (AvgIpc) is 3.21. The molecule has 3 heterocycles. The minimum atomic E-state index is -4.55. The fraction of sp³-hybridized carbons (Fsp3) is 0.720. The Labute approximate surface area is 210 Å². The molecule has 1 spiro atoms. The summed E-state index contributed by atoms with van der Waals surface area (Å²) in [5, 5.41) is 0.807. The minimum Gasteiger partial charge on any atom is -0.437 e. The van der Waals surface area contributed by atoms with Crippen molar-refractivity contribution in [3.8, 4) is 0 Å². The summed E-state index contributed by atoms with van der Waals surface area (Å²) >= 11 is 6.92. The van der Waals surface area contributed by atoms with Gasteiger partial charge in [0.15, 0.2) is 6.10 Å². The summed E-state index contributed by atoms with van der Waals surface area (Å²) < 4.78 is 43.0. The van der Waals surface area contributed by atoms with Crippen LogP contribution in [-0.4, -0.2) is 91.0 Å². The van der Waals surface area contributed by atoms with Crippen LogP contribution < -0.4 is 4.90 Å². The Morgan fingerprint density at radius 2 is 1.77 bits per heavy atom. The number of benzene rings is 1. The number of carbonyl (C=O) groups is 1. The summed E-state index contributed by atoms with van der Waals surface area (Å²) in [6, 6.07) is 6.26. The second-order valence-electron chi connectivity index (χ2n) is 9.98. The number of piperazine rings is 1. The smallest absolute Gasteiger partial charge is 0.425 e. The number of nitrogens with zero attached hydrogens (tertiary/aromatic N) is 4. The van der Waals surface area contributed by atoms with Gasteiger partial charge >= 0.3 is 12.3 Å². The van der Waals surface area contributed by atoms with Crippen molar-refractivity contribution in [1.29, 1.82) is 0 Å². The van der Waals surface area contributed by atoms with Crippen LogP contribution in [-0.2, 0) is 11.3 Å². The molecule has 0 saturated carbocycles. The van der Waals surface area contributed by atoms with Crippen molar-refractivity contribution in [1.82, 2.24) is 14.7 Å². The SMILES string of the molecule is CCN1CCN(c2cccc(CN3CCCC34CCN(C(=O)OC(C)C(F)(F)F)CC4)c2Cl)CC1. The van der Waals surface area contributed by atoms with Crippen molar-refractivity contribution in [2.24, 2.45) is 0 Å². The largest absolute Gasteiger partial charge is 0.437 e. The van der Waals surface area contributed by atoms with Gasteiger partial charge in [-0.3, -0.25) is 4.90 Å². The predicted octanol–water partition coefficient (Wildman–Crippen LogP) is 5.00. The normalized spacial score (nSPS) is 22.6. The van der Waals surface area contributed by atoms with Crippen LogP contribution in [0.4, 0.5) is 23.7 Å². The number of alkyl halides is 3. The second kappa shape index (κ2) is 10.7. The molecule has 10 heteroatoms. The molecular weight excluding hydrogens is 481 g/mol. The fourth-order valence-electron chi connectivity index (χ4n) is 5.65. The molecule has 0 bridgehead atoms. The highest BCUT2D eigenvalue weighted by Gasteiger charge is 2.45. The minimum absolute atomic E-state index is 0.0570. The maximum absolute atomic E-state index is 12.8. The summed E-state index contributed by atoms with van der Waals surface area (Å²) in [7, 11) is 0. The molecule has 0 N–H and O–H groups in total. The lowest BCUT2D eigenvalue weighted by Gasteiger charge is -2.45. The third kappa shape index (κ3) is 5.83. The van der Waals surface area contributed by atoms with Gasteiger partial charge in [-0.1, -0.05) is 30.7 Å². The topological polar surface area (TPSA) is 39.3 Å². The third-order valence-electron chi connectivity index (χ3n) is 8.01. The Kier molecular flexibility index (Phi) is 8.08. The average molecular weight is 517 g/mol. The third-order valence-corrected chi connectivity index (χ3v) is 8.45. The van der Waals surface area contributed by atoms with Gasteiger partial charge in [0.2, 0.25) is 0 Å². The van der Waals surface area contributed by atoms with E-state index in [1.807, 2.05) is 0 Å². The molecule has 0 aromatic heterocycles. The van der Waals surface area contributed by atoms with Crippen LogP contribution in [0.2, 0.25) is 5.02 Å². The van der Waals surface area contributed by atoms with Crippen molar-refractivity contribution >= 4 is 23.4 Å². The lowest BCUT2D eigenvalue weighted by Crippen LogP contribution is -2.53. The number of rotatable bonds is 5. The number of hydrogen-bond acceptors (Lipinski definition) is 5. The lowest BCUT2D eigenvalue weighted by atomic mass is 9.85. The molecule has 6 nitrogen and oxygen atoms in total. The molecule has 3 fully saturated rings. The molecule has 4 rings (SSSR count). The Bertz CT molecular complexity index is 884. The first-order chi connectivity index (χ1) is 16.6. The standard InChI is InChI=1S/C25H36ClF3N4O2/c1-3-30-14-16-31(17-15-30)21-7-4-6-20(22(21)26)18-33-11-5-8-24(33)9-12-32(13-10-24)23(34)35-19(2)25(27,28)29/h4,6-7,19H,3,5,8-18H2,1-2H3. The van der Waals surface area contributed by atoms with Crippen molar-refractivity contribution in [2.75, 3.05) is 57.3 Å². The molecule has 1 amide bonds. The number of amides is 1. The van der Waals surface area contributed by atoms with Crippen molar-refractivity contribution in [3.05, 3.63) is 28.8 Å². The number of anilines is 1. The number of piperidine rings is 1. The fourth-order valence-corrected chi connectivity index (χ4v) is 5.95. The van der Waals surface area contributed by atoms with Crippen LogP contribution in [0, 0.1) is 0 Å². The first-order valence-electron chi connectivity index (χ1n) is 12.6. The first kappa shape index (κ1) is 26.4. The molecule has 0 aliphatic carbocycles. The molecule has 1 aromatic carbocycles. The maximum Gasteiger partial charge on any atom is 0.425 e. The van der Waals surface area contributed by atoms with Gasteiger partial charge in [0, 0.05) is 51.4 Å². The van der Waals surface area contributed by atoms with E-state index in [1.165, 1.54) is 4.90 Å². The maximum atomic E-state index is 12.8. The quantitative estimate of drug-likeness (QED) is 0.551. The number of carbonyl (C=O) groups excluding carboxylic acids is 1. The number of hydrogen-bond donors (Lipinski definition) is 0. The van der Waals surface area contributed by atoms with Gasteiger partial charge in [0.05, 0.1) is 10.7 Å².